The number of carbonyl (C=O) groups excluding carboxylic acids is 1. The summed E-state index contributed by atoms with van der Waals surface area (Å²) in [4.78, 5) is 11.1. The Kier molecular flexibility index (Phi) is 2.08. The van der Waals surface area contributed by atoms with E-state index in [9.17, 15) is 4.79 Å². The van der Waals surface area contributed by atoms with Crippen LogP contribution in [0.4, 0.5) is 0 Å². The van der Waals surface area contributed by atoms with E-state index in [1.54, 1.807) is 12.1 Å². The lowest BCUT2D eigenvalue weighted by Crippen LogP contribution is -1.90. The molecule has 1 aromatic heterocycles. The normalized spacial score (nSPS) is 10.7. The first-order valence-corrected chi connectivity index (χ1v) is 4.61. The van der Waals surface area contributed by atoms with Crippen LogP contribution < -0.4 is 0 Å². The maximum absolute atomic E-state index is 11.1. The number of fused-ring (bicyclic) bond motifs is 1. The molecule has 0 atom stereocenters. The number of hydrogen-bond donors (Lipinski definition) is 0. The molecule has 0 aliphatic carbocycles. The van der Waals surface area contributed by atoms with E-state index < -0.39 is 0 Å². The van der Waals surface area contributed by atoms with Crippen LogP contribution in [-0.4, -0.2) is 10.9 Å². The molecule has 0 aliphatic rings. The number of aryl methyl sites for hydroxylation is 1. The summed E-state index contributed by atoms with van der Waals surface area (Å²) in [6, 6.07) is 5.44. The van der Waals surface area contributed by atoms with Gasteiger partial charge in [0, 0.05) is 10.9 Å². The molecule has 0 aliphatic heterocycles. The zero-order valence-corrected chi connectivity index (χ0v) is 8.20. The summed E-state index contributed by atoms with van der Waals surface area (Å²) in [5, 5.41) is 4.93. The summed E-state index contributed by atoms with van der Waals surface area (Å²) in [6.07, 6.45) is 0.840. The quantitative estimate of drug-likeness (QED) is 0.682. The molecule has 0 radical (unpaired) electrons. The van der Waals surface area contributed by atoms with Crippen molar-refractivity contribution in [3.63, 3.8) is 0 Å². The summed E-state index contributed by atoms with van der Waals surface area (Å²) < 4.78 is 5.13. The fraction of sp³-hybridized carbons (Fsp3) is 0.273. The van der Waals surface area contributed by atoms with Crippen LogP contribution in [0.25, 0.3) is 11.0 Å². The van der Waals surface area contributed by atoms with Gasteiger partial charge in [0.25, 0.3) is 0 Å². The van der Waals surface area contributed by atoms with Gasteiger partial charge in [-0.2, -0.15) is 0 Å². The Bertz CT molecular complexity index is 485. The summed E-state index contributed by atoms with van der Waals surface area (Å²) >= 11 is 0. The Morgan fingerprint density at radius 3 is 2.93 bits per heavy atom. The summed E-state index contributed by atoms with van der Waals surface area (Å²) in [6.45, 7) is 3.56. The predicted octanol–water partition coefficient (Wildman–Crippen LogP) is 2.59. The molecule has 0 spiro atoms. The van der Waals surface area contributed by atoms with Crippen molar-refractivity contribution in [2.24, 2.45) is 0 Å². The molecule has 0 bridgehead atoms. The Balaban J connectivity index is 2.63. The SMILES string of the molecule is CCc1noc2cc(C(C)=O)ccc12. The highest BCUT2D eigenvalue weighted by Crippen LogP contribution is 2.20. The van der Waals surface area contributed by atoms with E-state index in [2.05, 4.69) is 5.16 Å². The van der Waals surface area contributed by atoms with Gasteiger partial charge >= 0.3 is 0 Å². The molecular formula is C11H11NO2. The third-order valence-corrected chi connectivity index (χ3v) is 2.29. The zero-order chi connectivity index (χ0) is 10.1. The van der Waals surface area contributed by atoms with Crippen LogP contribution in [0, 0.1) is 0 Å². The van der Waals surface area contributed by atoms with Gasteiger partial charge in [-0.1, -0.05) is 18.1 Å². The van der Waals surface area contributed by atoms with E-state index in [0.717, 1.165) is 17.5 Å². The van der Waals surface area contributed by atoms with Crippen LogP contribution in [0.3, 0.4) is 0 Å². The smallest absolute Gasteiger partial charge is 0.167 e. The zero-order valence-electron chi connectivity index (χ0n) is 8.20. The average Bonchev–Trinajstić information content (AvgIpc) is 2.59. The lowest BCUT2D eigenvalue weighted by molar-refractivity contribution is 0.101. The molecule has 0 N–H and O–H groups in total. The van der Waals surface area contributed by atoms with Crippen LogP contribution in [0.1, 0.15) is 29.9 Å². The van der Waals surface area contributed by atoms with Crippen LogP contribution in [0.5, 0.6) is 0 Å². The van der Waals surface area contributed by atoms with Crippen molar-refractivity contribution in [1.29, 1.82) is 0 Å². The third kappa shape index (κ3) is 1.31. The average molecular weight is 189 g/mol. The van der Waals surface area contributed by atoms with Gasteiger partial charge in [0.05, 0.1) is 5.69 Å². The maximum atomic E-state index is 11.1. The molecule has 1 heterocycles. The summed E-state index contributed by atoms with van der Waals surface area (Å²) in [7, 11) is 0. The van der Waals surface area contributed by atoms with Gasteiger partial charge in [0.1, 0.15) is 0 Å². The lowest BCUT2D eigenvalue weighted by Gasteiger charge is -1.94. The van der Waals surface area contributed by atoms with E-state index in [4.69, 9.17) is 4.52 Å². The van der Waals surface area contributed by atoms with Crippen molar-refractivity contribution >= 4 is 16.8 Å². The van der Waals surface area contributed by atoms with Crippen molar-refractivity contribution in [3.8, 4) is 0 Å². The molecule has 1 aromatic carbocycles. The maximum Gasteiger partial charge on any atom is 0.167 e. The molecule has 0 fully saturated rings. The first-order chi connectivity index (χ1) is 6.72. The summed E-state index contributed by atoms with van der Waals surface area (Å²) in [5.74, 6) is 0.0429. The van der Waals surface area contributed by atoms with E-state index in [1.165, 1.54) is 6.92 Å². The fourth-order valence-corrected chi connectivity index (χ4v) is 1.46. The van der Waals surface area contributed by atoms with Gasteiger partial charge in [-0.3, -0.25) is 4.79 Å². The van der Waals surface area contributed by atoms with Crippen LogP contribution in [0.15, 0.2) is 22.7 Å². The Morgan fingerprint density at radius 2 is 2.29 bits per heavy atom. The molecule has 0 saturated carbocycles. The molecule has 2 rings (SSSR count). The number of aromatic nitrogens is 1. The number of carbonyl (C=O) groups is 1. The Morgan fingerprint density at radius 1 is 1.50 bits per heavy atom. The third-order valence-electron chi connectivity index (χ3n) is 2.29. The lowest BCUT2D eigenvalue weighted by atomic mass is 10.1. The van der Waals surface area contributed by atoms with Crippen LogP contribution >= 0.6 is 0 Å². The highest BCUT2D eigenvalue weighted by atomic mass is 16.5. The van der Waals surface area contributed by atoms with Crippen LogP contribution in [0.2, 0.25) is 0 Å². The predicted molar refractivity (Wildman–Crippen MR) is 53.4 cm³/mol. The van der Waals surface area contributed by atoms with E-state index in [1.807, 2.05) is 13.0 Å². The highest BCUT2D eigenvalue weighted by molar-refractivity contribution is 5.97. The van der Waals surface area contributed by atoms with Crippen molar-refractivity contribution in [2.75, 3.05) is 0 Å². The number of rotatable bonds is 2. The second-order valence-electron chi connectivity index (χ2n) is 3.25. The highest BCUT2D eigenvalue weighted by Gasteiger charge is 2.08. The second-order valence-corrected chi connectivity index (χ2v) is 3.25. The van der Waals surface area contributed by atoms with Crippen molar-refractivity contribution in [3.05, 3.63) is 29.5 Å². The van der Waals surface area contributed by atoms with Gasteiger partial charge in [-0.25, -0.2) is 0 Å². The number of nitrogens with zero attached hydrogens (tertiary/aromatic N) is 1. The van der Waals surface area contributed by atoms with Gasteiger partial charge in [-0.05, 0) is 25.5 Å². The number of Topliss-reactive ketones (excluding diaryl/α,β-unsaturated/α-hetero) is 1. The Labute approximate surface area is 81.7 Å². The molecule has 0 amide bonds. The Hall–Kier alpha value is -1.64. The number of ketones is 1. The van der Waals surface area contributed by atoms with E-state index in [0.29, 0.717) is 11.1 Å². The van der Waals surface area contributed by atoms with Gasteiger partial charge in [-0.15, -0.1) is 0 Å². The van der Waals surface area contributed by atoms with Gasteiger partial charge in [0.2, 0.25) is 0 Å². The standard InChI is InChI=1S/C11H11NO2/c1-3-10-9-5-4-8(7(2)13)6-11(9)14-12-10/h4-6H,3H2,1-2H3. The van der Waals surface area contributed by atoms with E-state index in [-0.39, 0.29) is 5.78 Å². The number of benzene rings is 1. The van der Waals surface area contributed by atoms with Gasteiger partial charge < -0.3 is 4.52 Å². The fourth-order valence-electron chi connectivity index (χ4n) is 1.46. The molecule has 0 saturated heterocycles. The van der Waals surface area contributed by atoms with Crippen molar-refractivity contribution < 1.29 is 9.32 Å². The topological polar surface area (TPSA) is 43.1 Å². The molecule has 0 unspecified atom stereocenters. The van der Waals surface area contributed by atoms with E-state index >= 15 is 0 Å². The molecular weight excluding hydrogens is 178 g/mol. The number of hydrogen-bond acceptors (Lipinski definition) is 3. The molecule has 3 heteroatoms. The summed E-state index contributed by atoms with van der Waals surface area (Å²) in [5.41, 5.74) is 2.29. The van der Waals surface area contributed by atoms with Crippen LogP contribution in [-0.2, 0) is 6.42 Å². The molecule has 14 heavy (non-hydrogen) atoms. The molecule has 72 valence electrons. The minimum atomic E-state index is 0.0429. The first kappa shape index (κ1) is 8.94. The minimum Gasteiger partial charge on any atom is -0.356 e. The largest absolute Gasteiger partial charge is 0.356 e. The minimum absolute atomic E-state index is 0.0429. The second kappa shape index (κ2) is 3.25. The van der Waals surface area contributed by atoms with Gasteiger partial charge in [0.15, 0.2) is 11.4 Å². The van der Waals surface area contributed by atoms with Crippen molar-refractivity contribution in [2.45, 2.75) is 20.3 Å². The first-order valence-electron chi connectivity index (χ1n) is 4.61. The molecule has 3 nitrogen and oxygen atoms in total. The molecule has 2 aromatic rings. The monoisotopic (exact) mass is 189 g/mol. The van der Waals surface area contributed by atoms with Crippen molar-refractivity contribution in [1.82, 2.24) is 5.16 Å².